The van der Waals surface area contributed by atoms with Crippen molar-refractivity contribution >= 4 is 29.2 Å². The van der Waals surface area contributed by atoms with Gasteiger partial charge in [0.05, 0.1) is 11.3 Å². The highest BCUT2D eigenvalue weighted by Gasteiger charge is 2.29. The Bertz CT molecular complexity index is 843. The molecule has 1 amide bonds. The van der Waals surface area contributed by atoms with Gasteiger partial charge in [0.2, 0.25) is 11.9 Å². The predicted molar refractivity (Wildman–Crippen MR) is 97.0 cm³/mol. The SMILES string of the molecule is CC(C)(C)C(=O)Nc1ncc2c(n1)C[C@H](c1cccc(Cl)c1)CC2=O. The maximum absolute atomic E-state index is 12.4. The van der Waals surface area contributed by atoms with E-state index in [9.17, 15) is 9.59 Å². The lowest BCUT2D eigenvalue weighted by Gasteiger charge is -2.24. The van der Waals surface area contributed by atoms with Crippen LogP contribution in [0.4, 0.5) is 5.95 Å². The first kappa shape index (κ1) is 17.5. The largest absolute Gasteiger partial charge is 0.294 e. The average molecular weight is 358 g/mol. The molecule has 6 heteroatoms. The summed E-state index contributed by atoms with van der Waals surface area (Å²) in [5.41, 5.74) is 1.68. The molecule has 130 valence electrons. The molecular formula is C19H20ClN3O2. The van der Waals surface area contributed by atoms with E-state index < -0.39 is 5.41 Å². The summed E-state index contributed by atoms with van der Waals surface area (Å²) in [5.74, 6) is 0.110. The molecule has 0 aliphatic heterocycles. The van der Waals surface area contributed by atoms with E-state index in [0.29, 0.717) is 29.1 Å². The van der Waals surface area contributed by atoms with Crippen LogP contribution >= 0.6 is 11.6 Å². The average Bonchev–Trinajstić information content (AvgIpc) is 2.53. The van der Waals surface area contributed by atoms with E-state index in [2.05, 4.69) is 15.3 Å². The van der Waals surface area contributed by atoms with Gasteiger partial charge in [0.25, 0.3) is 0 Å². The van der Waals surface area contributed by atoms with Gasteiger partial charge in [-0.25, -0.2) is 9.97 Å². The molecule has 0 saturated heterocycles. The molecule has 1 aromatic carbocycles. The van der Waals surface area contributed by atoms with Gasteiger partial charge >= 0.3 is 0 Å². The van der Waals surface area contributed by atoms with Crippen molar-refractivity contribution in [2.75, 3.05) is 5.32 Å². The van der Waals surface area contributed by atoms with Crippen molar-refractivity contribution < 1.29 is 9.59 Å². The first-order chi connectivity index (χ1) is 11.7. The summed E-state index contributed by atoms with van der Waals surface area (Å²) in [6, 6.07) is 7.55. The molecule has 1 heterocycles. The monoisotopic (exact) mass is 357 g/mol. The zero-order valence-electron chi connectivity index (χ0n) is 14.5. The Morgan fingerprint density at radius 2 is 2.04 bits per heavy atom. The minimum absolute atomic E-state index is 0.0138. The second kappa shape index (κ2) is 6.56. The van der Waals surface area contributed by atoms with Gasteiger partial charge in [-0.3, -0.25) is 14.9 Å². The number of hydrogen-bond acceptors (Lipinski definition) is 4. The van der Waals surface area contributed by atoms with Crippen LogP contribution in [0.5, 0.6) is 0 Å². The van der Waals surface area contributed by atoms with Gasteiger partial charge in [-0.2, -0.15) is 0 Å². The molecule has 25 heavy (non-hydrogen) atoms. The number of hydrogen-bond donors (Lipinski definition) is 1. The molecule has 1 aliphatic rings. The second-order valence-corrected chi connectivity index (χ2v) is 7.78. The molecular weight excluding hydrogens is 338 g/mol. The molecule has 5 nitrogen and oxygen atoms in total. The standard InChI is InChI=1S/C19H20ClN3O2/c1-19(2,3)17(25)23-18-21-10-14-15(22-18)8-12(9-16(14)24)11-5-4-6-13(20)7-11/h4-7,10,12H,8-9H2,1-3H3,(H,21,22,23,25)/t12-/m0/s1. The zero-order chi connectivity index (χ0) is 18.2. The molecule has 0 saturated carbocycles. The van der Waals surface area contributed by atoms with Crippen LogP contribution in [0.15, 0.2) is 30.5 Å². The van der Waals surface area contributed by atoms with Crippen molar-refractivity contribution in [3.63, 3.8) is 0 Å². The molecule has 0 spiro atoms. The summed E-state index contributed by atoms with van der Waals surface area (Å²) in [6.45, 7) is 5.46. The summed E-state index contributed by atoms with van der Waals surface area (Å²) in [4.78, 5) is 33.1. The van der Waals surface area contributed by atoms with Crippen molar-refractivity contribution in [1.29, 1.82) is 0 Å². The highest BCUT2D eigenvalue weighted by molar-refractivity contribution is 6.30. The first-order valence-corrected chi connectivity index (χ1v) is 8.58. The molecule has 1 aromatic heterocycles. The lowest BCUT2D eigenvalue weighted by Crippen LogP contribution is -2.29. The van der Waals surface area contributed by atoms with Gasteiger partial charge in [-0.05, 0) is 30.0 Å². The van der Waals surface area contributed by atoms with Crippen LogP contribution < -0.4 is 5.32 Å². The van der Waals surface area contributed by atoms with Crippen molar-refractivity contribution in [3.05, 3.63) is 52.3 Å². The van der Waals surface area contributed by atoms with Gasteiger partial charge in [0.15, 0.2) is 5.78 Å². The van der Waals surface area contributed by atoms with Gasteiger partial charge in [-0.15, -0.1) is 0 Å². The molecule has 1 atom stereocenters. The predicted octanol–water partition coefficient (Wildman–Crippen LogP) is 4.03. The molecule has 0 fully saturated rings. The van der Waals surface area contributed by atoms with Gasteiger partial charge < -0.3 is 0 Å². The lowest BCUT2D eigenvalue weighted by atomic mass is 9.82. The van der Waals surface area contributed by atoms with Crippen LogP contribution in [0.1, 0.15) is 54.7 Å². The molecule has 0 unspecified atom stereocenters. The quantitative estimate of drug-likeness (QED) is 0.880. The Kier molecular flexibility index (Phi) is 4.60. The van der Waals surface area contributed by atoms with Crippen LogP contribution in [0.25, 0.3) is 0 Å². The van der Waals surface area contributed by atoms with Crippen LogP contribution in [0.3, 0.4) is 0 Å². The van der Waals surface area contributed by atoms with E-state index in [-0.39, 0.29) is 23.6 Å². The van der Waals surface area contributed by atoms with E-state index in [0.717, 1.165) is 5.56 Å². The van der Waals surface area contributed by atoms with Crippen LogP contribution in [-0.2, 0) is 11.2 Å². The number of amides is 1. The number of nitrogens with one attached hydrogen (secondary N) is 1. The topological polar surface area (TPSA) is 72.0 Å². The van der Waals surface area contributed by atoms with Gasteiger partial charge in [-0.1, -0.05) is 44.5 Å². The molecule has 2 aromatic rings. The normalized spacial score (nSPS) is 17.1. The number of ketones is 1. The van der Waals surface area contributed by atoms with Gasteiger partial charge in [0.1, 0.15) is 0 Å². The number of aromatic nitrogens is 2. The Balaban J connectivity index is 1.87. The second-order valence-electron chi connectivity index (χ2n) is 7.34. The summed E-state index contributed by atoms with van der Waals surface area (Å²) in [5, 5.41) is 3.37. The number of rotatable bonds is 2. The number of fused-ring (bicyclic) bond motifs is 1. The smallest absolute Gasteiger partial charge is 0.232 e. The minimum atomic E-state index is -0.543. The van der Waals surface area contributed by atoms with Crippen molar-refractivity contribution in [2.24, 2.45) is 5.41 Å². The first-order valence-electron chi connectivity index (χ1n) is 8.20. The number of anilines is 1. The Labute approximate surface area is 151 Å². The third-order valence-electron chi connectivity index (χ3n) is 4.27. The summed E-state index contributed by atoms with van der Waals surface area (Å²) in [6.07, 6.45) is 2.53. The highest BCUT2D eigenvalue weighted by Crippen LogP contribution is 2.33. The van der Waals surface area contributed by atoms with E-state index in [1.165, 1.54) is 6.20 Å². The third kappa shape index (κ3) is 3.87. The van der Waals surface area contributed by atoms with Crippen LogP contribution in [-0.4, -0.2) is 21.7 Å². The maximum Gasteiger partial charge on any atom is 0.232 e. The molecule has 1 aliphatic carbocycles. The van der Waals surface area contributed by atoms with Crippen LogP contribution in [0.2, 0.25) is 5.02 Å². The summed E-state index contributed by atoms with van der Waals surface area (Å²) >= 11 is 6.07. The molecule has 1 N–H and O–H groups in total. The number of carbonyl (C=O) groups is 2. The van der Waals surface area contributed by atoms with Crippen LogP contribution in [0, 0.1) is 5.41 Å². The van der Waals surface area contributed by atoms with E-state index in [1.54, 1.807) is 0 Å². The number of benzene rings is 1. The fourth-order valence-corrected chi connectivity index (χ4v) is 2.99. The Hall–Kier alpha value is -2.27. The maximum atomic E-state index is 12.4. The number of Topliss-reactive ketones (excluding diaryl/α,β-unsaturated/α-hetero) is 1. The van der Waals surface area contributed by atoms with E-state index >= 15 is 0 Å². The van der Waals surface area contributed by atoms with Gasteiger partial charge in [0, 0.05) is 23.1 Å². The van der Waals surface area contributed by atoms with E-state index in [4.69, 9.17) is 11.6 Å². The van der Waals surface area contributed by atoms with E-state index in [1.807, 2.05) is 45.0 Å². The third-order valence-corrected chi connectivity index (χ3v) is 4.50. The molecule has 3 rings (SSSR count). The summed E-state index contributed by atoms with van der Waals surface area (Å²) < 4.78 is 0. The molecule has 0 radical (unpaired) electrons. The number of halogens is 1. The molecule has 0 bridgehead atoms. The number of carbonyl (C=O) groups excluding carboxylic acids is 2. The fraction of sp³-hybridized carbons (Fsp3) is 0.368. The zero-order valence-corrected chi connectivity index (χ0v) is 15.2. The Morgan fingerprint density at radius 3 is 2.72 bits per heavy atom. The van der Waals surface area contributed by atoms with Crippen molar-refractivity contribution in [2.45, 2.75) is 39.5 Å². The highest BCUT2D eigenvalue weighted by atomic mass is 35.5. The Morgan fingerprint density at radius 1 is 1.28 bits per heavy atom. The lowest BCUT2D eigenvalue weighted by molar-refractivity contribution is -0.123. The minimum Gasteiger partial charge on any atom is -0.294 e. The number of nitrogens with zero attached hydrogens (tertiary/aromatic N) is 2. The van der Waals surface area contributed by atoms with Crippen molar-refractivity contribution in [3.8, 4) is 0 Å². The van der Waals surface area contributed by atoms with Crippen molar-refractivity contribution in [1.82, 2.24) is 9.97 Å². The fourth-order valence-electron chi connectivity index (χ4n) is 2.79. The summed E-state index contributed by atoms with van der Waals surface area (Å²) in [7, 11) is 0.